The van der Waals surface area contributed by atoms with E-state index in [1.165, 1.54) is 0 Å². The fourth-order valence-electron chi connectivity index (χ4n) is 4.93. The summed E-state index contributed by atoms with van der Waals surface area (Å²) in [6.07, 6.45) is 1.30. The molecule has 174 valence electrons. The van der Waals surface area contributed by atoms with Crippen molar-refractivity contribution >= 4 is 17.8 Å². The van der Waals surface area contributed by atoms with Crippen LogP contribution >= 0.6 is 0 Å². The summed E-state index contributed by atoms with van der Waals surface area (Å²) in [5.41, 5.74) is 2.11. The third-order valence-electron chi connectivity index (χ3n) is 6.66. The number of hydrogen-bond donors (Lipinski definition) is 2. The van der Waals surface area contributed by atoms with Gasteiger partial charge in [-0.2, -0.15) is 0 Å². The summed E-state index contributed by atoms with van der Waals surface area (Å²) in [5.74, 6) is -0.106. The molecule has 3 unspecified atom stereocenters. The highest BCUT2D eigenvalue weighted by Crippen LogP contribution is 2.34. The molecule has 1 saturated heterocycles. The Morgan fingerprint density at radius 2 is 1.70 bits per heavy atom. The van der Waals surface area contributed by atoms with Crippen molar-refractivity contribution in [1.82, 2.24) is 20.4 Å². The molecule has 1 aliphatic heterocycles. The Hall–Kier alpha value is -3.35. The van der Waals surface area contributed by atoms with Crippen LogP contribution in [0.25, 0.3) is 0 Å². The number of hydrogen-bond acceptors (Lipinski definition) is 3. The van der Waals surface area contributed by atoms with Crippen LogP contribution in [0.5, 0.6) is 0 Å². The zero-order valence-electron chi connectivity index (χ0n) is 19.1. The van der Waals surface area contributed by atoms with E-state index in [1.54, 1.807) is 4.90 Å². The third kappa shape index (κ3) is 5.72. The van der Waals surface area contributed by atoms with Crippen LogP contribution in [0.15, 0.2) is 60.7 Å². The topological polar surface area (TPSA) is 81.8 Å². The van der Waals surface area contributed by atoms with Crippen LogP contribution in [-0.2, 0) is 22.7 Å². The molecule has 0 bridgehead atoms. The summed E-state index contributed by atoms with van der Waals surface area (Å²) in [6, 6.07) is 19.4. The van der Waals surface area contributed by atoms with E-state index in [0.717, 1.165) is 11.1 Å². The first-order valence-electron chi connectivity index (χ1n) is 11.7. The molecule has 33 heavy (non-hydrogen) atoms. The molecule has 0 aromatic heterocycles. The van der Waals surface area contributed by atoms with Gasteiger partial charge in [0.25, 0.3) is 0 Å². The van der Waals surface area contributed by atoms with Crippen LogP contribution < -0.4 is 10.6 Å². The largest absolute Gasteiger partial charge is 0.351 e. The van der Waals surface area contributed by atoms with Gasteiger partial charge >= 0.3 is 6.03 Å². The lowest BCUT2D eigenvalue weighted by Crippen LogP contribution is -2.44. The molecule has 1 heterocycles. The van der Waals surface area contributed by atoms with Gasteiger partial charge in [0.1, 0.15) is 6.54 Å². The van der Waals surface area contributed by atoms with Gasteiger partial charge in [-0.25, -0.2) is 4.79 Å². The molecule has 2 aromatic rings. The van der Waals surface area contributed by atoms with E-state index < -0.39 is 0 Å². The van der Waals surface area contributed by atoms with E-state index in [-0.39, 0.29) is 42.3 Å². The maximum Gasteiger partial charge on any atom is 0.318 e. The molecule has 7 heteroatoms. The first-order chi connectivity index (χ1) is 16.0. The zero-order chi connectivity index (χ0) is 23.2. The molecule has 1 aliphatic carbocycles. The predicted molar refractivity (Wildman–Crippen MR) is 126 cm³/mol. The molecule has 2 aromatic carbocycles. The number of benzene rings is 2. The van der Waals surface area contributed by atoms with Gasteiger partial charge in [-0.3, -0.25) is 9.59 Å². The maximum atomic E-state index is 13.3. The van der Waals surface area contributed by atoms with E-state index in [2.05, 4.69) is 10.6 Å². The number of urea groups is 1. The monoisotopic (exact) mass is 448 g/mol. The molecule has 2 aliphatic rings. The predicted octanol–water partition coefficient (Wildman–Crippen LogP) is 2.77. The number of amides is 4. The fourth-order valence-corrected chi connectivity index (χ4v) is 4.93. The average Bonchev–Trinajstić information content (AvgIpc) is 3.15. The molecule has 2 N–H and O–H groups in total. The smallest absolute Gasteiger partial charge is 0.318 e. The highest BCUT2D eigenvalue weighted by atomic mass is 16.2. The molecular weight excluding hydrogens is 416 g/mol. The van der Waals surface area contributed by atoms with Crippen LogP contribution in [-0.4, -0.2) is 53.3 Å². The Balaban J connectivity index is 1.37. The molecule has 0 spiro atoms. The number of rotatable bonds is 6. The van der Waals surface area contributed by atoms with E-state index in [0.29, 0.717) is 39.0 Å². The highest BCUT2D eigenvalue weighted by Gasteiger charge is 2.43. The number of carbonyl (C=O) groups is 3. The number of nitrogens with one attached hydrogen (secondary N) is 2. The summed E-state index contributed by atoms with van der Waals surface area (Å²) >= 11 is 0. The van der Waals surface area contributed by atoms with Gasteiger partial charge in [0.05, 0.1) is 0 Å². The number of nitrogens with zero attached hydrogens (tertiary/aromatic N) is 2. The van der Waals surface area contributed by atoms with Crippen molar-refractivity contribution in [2.75, 3.05) is 19.6 Å². The van der Waals surface area contributed by atoms with Crippen LogP contribution in [0.4, 0.5) is 4.79 Å². The Kier molecular flexibility index (Phi) is 7.27. The molecule has 4 rings (SSSR count). The number of carbonyl (C=O) groups excluding carboxylic acids is 3. The van der Waals surface area contributed by atoms with Crippen molar-refractivity contribution in [2.45, 2.75) is 38.9 Å². The van der Waals surface area contributed by atoms with Crippen molar-refractivity contribution in [3.8, 4) is 0 Å². The molecule has 0 radical (unpaired) electrons. The van der Waals surface area contributed by atoms with E-state index in [4.69, 9.17) is 0 Å². The minimum Gasteiger partial charge on any atom is -0.351 e. The van der Waals surface area contributed by atoms with Crippen molar-refractivity contribution < 1.29 is 14.4 Å². The second kappa shape index (κ2) is 10.5. The summed E-state index contributed by atoms with van der Waals surface area (Å²) in [5, 5.41) is 5.98. The summed E-state index contributed by atoms with van der Waals surface area (Å²) in [4.78, 5) is 42.0. The fraction of sp³-hybridized carbons (Fsp3) is 0.423. The summed E-state index contributed by atoms with van der Waals surface area (Å²) in [6.45, 7) is 4.15. The lowest BCUT2D eigenvalue weighted by atomic mass is 10.0. The van der Waals surface area contributed by atoms with Gasteiger partial charge in [-0.1, -0.05) is 60.7 Å². The maximum absolute atomic E-state index is 13.3. The van der Waals surface area contributed by atoms with E-state index in [9.17, 15) is 14.4 Å². The van der Waals surface area contributed by atoms with Gasteiger partial charge in [0.2, 0.25) is 11.8 Å². The van der Waals surface area contributed by atoms with Gasteiger partial charge in [-0.05, 0) is 36.8 Å². The molecule has 2 fully saturated rings. The zero-order valence-corrected chi connectivity index (χ0v) is 19.1. The quantitative estimate of drug-likeness (QED) is 0.713. The molecular formula is C26H32N4O3. The summed E-state index contributed by atoms with van der Waals surface area (Å²) < 4.78 is 0. The minimum atomic E-state index is -0.247. The van der Waals surface area contributed by atoms with Gasteiger partial charge in [0.15, 0.2) is 0 Å². The van der Waals surface area contributed by atoms with Gasteiger partial charge in [-0.15, -0.1) is 0 Å². The Bertz CT molecular complexity index is 966. The Morgan fingerprint density at radius 3 is 2.36 bits per heavy atom. The first kappa shape index (κ1) is 22.8. The van der Waals surface area contributed by atoms with Crippen molar-refractivity contribution in [3.05, 3.63) is 71.8 Å². The van der Waals surface area contributed by atoms with Crippen molar-refractivity contribution in [1.29, 1.82) is 0 Å². The SMILES string of the molecule is CCN(Cc1ccccc1)C(=O)C1CC2CN(C(=O)NCc3ccccc3)CC(=O)NC2C1. The summed E-state index contributed by atoms with van der Waals surface area (Å²) in [7, 11) is 0. The molecule has 1 saturated carbocycles. The Morgan fingerprint density at radius 1 is 1.03 bits per heavy atom. The Labute approximate surface area is 195 Å². The number of fused-ring (bicyclic) bond motifs is 1. The average molecular weight is 449 g/mol. The van der Waals surface area contributed by atoms with Crippen molar-refractivity contribution in [2.24, 2.45) is 11.8 Å². The lowest BCUT2D eigenvalue weighted by Gasteiger charge is -2.25. The minimum absolute atomic E-state index is 0.0430. The van der Waals surface area contributed by atoms with Crippen LogP contribution in [0, 0.1) is 11.8 Å². The molecule has 3 atom stereocenters. The van der Waals surface area contributed by atoms with Crippen LogP contribution in [0.2, 0.25) is 0 Å². The van der Waals surface area contributed by atoms with Gasteiger partial charge < -0.3 is 20.4 Å². The molecule has 4 amide bonds. The van der Waals surface area contributed by atoms with E-state index >= 15 is 0 Å². The highest BCUT2D eigenvalue weighted by molar-refractivity contribution is 5.85. The molecule has 7 nitrogen and oxygen atoms in total. The third-order valence-corrected chi connectivity index (χ3v) is 6.66. The second-order valence-corrected chi connectivity index (χ2v) is 8.97. The van der Waals surface area contributed by atoms with E-state index in [1.807, 2.05) is 72.5 Å². The normalized spacial score (nSPS) is 22.2. The second-order valence-electron chi connectivity index (χ2n) is 8.97. The van der Waals surface area contributed by atoms with Gasteiger partial charge in [0, 0.05) is 38.1 Å². The first-order valence-corrected chi connectivity index (χ1v) is 11.7. The van der Waals surface area contributed by atoms with Crippen molar-refractivity contribution in [3.63, 3.8) is 0 Å². The van der Waals surface area contributed by atoms with Crippen LogP contribution in [0.1, 0.15) is 30.9 Å². The van der Waals surface area contributed by atoms with Crippen LogP contribution in [0.3, 0.4) is 0 Å². The standard InChI is InChI=1S/C26H32N4O3/c1-2-29(16-20-11-7-4-8-12-20)25(32)21-13-22-17-30(18-24(31)28-23(22)14-21)26(33)27-15-19-9-5-3-6-10-19/h3-12,21-23H,2,13-18H2,1H3,(H,27,33)(H,28,31). The lowest BCUT2D eigenvalue weighted by molar-refractivity contribution is -0.136.